The first-order valence-electron chi connectivity index (χ1n) is 6.90. The molecule has 1 amide bonds. The Morgan fingerprint density at radius 1 is 1.17 bits per heavy atom. The predicted octanol–water partition coefficient (Wildman–Crippen LogP) is 3.94. The van der Waals surface area contributed by atoms with E-state index in [9.17, 15) is 4.79 Å². The van der Waals surface area contributed by atoms with Gasteiger partial charge in [-0.1, -0.05) is 12.8 Å². The van der Waals surface area contributed by atoms with Crippen LogP contribution in [0.1, 0.15) is 66.6 Å². The Balaban J connectivity index is 2.15. The fraction of sp³-hybridized carbons (Fsp3) is 0.667. The maximum Gasteiger partial charge on any atom is 0.261 e. The number of rotatable bonds is 1. The Morgan fingerprint density at radius 2 is 1.83 bits per heavy atom. The Hall–Kier alpha value is -0.830. The number of carbonyl (C=O) groups is 1. The molecule has 1 heterocycles. The van der Waals surface area contributed by atoms with Gasteiger partial charge < -0.3 is 5.32 Å². The molecule has 0 aromatic carbocycles. The Morgan fingerprint density at radius 3 is 2.50 bits per heavy atom. The quantitative estimate of drug-likeness (QED) is 0.819. The molecule has 0 saturated carbocycles. The van der Waals surface area contributed by atoms with Crippen LogP contribution >= 0.6 is 11.3 Å². The summed E-state index contributed by atoms with van der Waals surface area (Å²) < 4.78 is 0. The number of amides is 1. The predicted molar refractivity (Wildman–Crippen MR) is 77.4 cm³/mol. The molecule has 0 saturated heterocycles. The molecular formula is C15H23NOS. The van der Waals surface area contributed by atoms with Crippen LogP contribution in [0, 0.1) is 0 Å². The minimum absolute atomic E-state index is 0.0826. The largest absolute Gasteiger partial charge is 0.347 e. The van der Waals surface area contributed by atoms with E-state index in [4.69, 9.17) is 0 Å². The average Bonchev–Trinajstić information content (AvgIpc) is 2.58. The van der Waals surface area contributed by atoms with Crippen molar-refractivity contribution in [2.45, 2.75) is 64.8 Å². The van der Waals surface area contributed by atoms with Crippen molar-refractivity contribution in [2.24, 2.45) is 0 Å². The average molecular weight is 265 g/mol. The number of hydrogen-bond acceptors (Lipinski definition) is 2. The minimum atomic E-state index is -0.157. The van der Waals surface area contributed by atoms with E-state index in [-0.39, 0.29) is 11.4 Å². The summed E-state index contributed by atoms with van der Waals surface area (Å²) in [6, 6.07) is 2.12. The molecule has 1 aromatic heterocycles. The lowest BCUT2D eigenvalue weighted by molar-refractivity contribution is 0.0923. The molecule has 18 heavy (non-hydrogen) atoms. The van der Waals surface area contributed by atoms with Gasteiger partial charge in [0.2, 0.25) is 0 Å². The van der Waals surface area contributed by atoms with Gasteiger partial charge in [0.05, 0.1) is 4.88 Å². The van der Waals surface area contributed by atoms with Crippen molar-refractivity contribution < 1.29 is 4.79 Å². The van der Waals surface area contributed by atoms with E-state index >= 15 is 0 Å². The minimum Gasteiger partial charge on any atom is -0.347 e. The van der Waals surface area contributed by atoms with Crippen molar-refractivity contribution in [3.63, 3.8) is 0 Å². The van der Waals surface area contributed by atoms with Gasteiger partial charge in [-0.25, -0.2) is 0 Å². The summed E-state index contributed by atoms with van der Waals surface area (Å²) in [4.78, 5) is 14.5. The second-order valence-electron chi connectivity index (χ2n) is 6.18. The highest BCUT2D eigenvalue weighted by Gasteiger charge is 2.19. The van der Waals surface area contributed by atoms with E-state index in [0.717, 1.165) is 17.7 Å². The third kappa shape index (κ3) is 3.58. The van der Waals surface area contributed by atoms with Gasteiger partial charge in [-0.05, 0) is 58.1 Å². The molecule has 0 atom stereocenters. The zero-order valence-corrected chi connectivity index (χ0v) is 12.5. The summed E-state index contributed by atoms with van der Waals surface area (Å²) in [7, 11) is 0. The van der Waals surface area contributed by atoms with Crippen molar-refractivity contribution in [1.82, 2.24) is 5.32 Å². The van der Waals surface area contributed by atoms with E-state index in [2.05, 4.69) is 11.4 Å². The summed E-state index contributed by atoms with van der Waals surface area (Å²) in [5, 5.41) is 3.05. The van der Waals surface area contributed by atoms with Gasteiger partial charge in [0, 0.05) is 10.4 Å². The summed E-state index contributed by atoms with van der Waals surface area (Å²) in [6.45, 7) is 6.07. The van der Waals surface area contributed by atoms with Gasteiger partial charge in [0.1, 0.15) is 0 Å². The first-order chi connectivity index (χ1) is 8.46. The van der Waals surface area contributed by atoms with Crippen molar-refractivity contribution in [2.75, 3.05) is 0 Å². The lowest BCUT2D eigenvalue weighted by Crippen LogP contribution is -2.40. The molecule has 1 aliphatic rings. The zero-order valence-electron chi connectivity index (χ0n) is 11.6. The molecule has 2 rings (SSSR count). The van der Waals surface area contributed by atoms with E-state index in [1.165, 1.54) is 36.1 Å². The van der Waals surface area contributed by atoms with Crippen molar-refractivity contribution in [3.8, 4) is 0 Å². The molecule has 0 spiro atoms. The molecule has 3 heteroatoms. The highest BCUT2D eigenvalue weighted by atomic mass is 32.1. The number of thiophene rings is 1. The third-order valence-electron chi connectivity index (χ3n) is 3.21. The summed E-state index contributed by atoms with van der Waals surface area (Å²) >= 11 is 1.69. The van der Waals surface area contributed by atoms with Gasteiger partial charge >= 0.3 is 0 Å². The highest BCUT2D eigenvalue weighted by molar-refractivity contribution is 7.14. The van der Waals surface area contributed by atoms with Gasteiger partial charge in [-0.2, -0.15) is 0 Å². The maximum absolute atomic E-state index is 12.1. The fourth-order valence-corrected chi connectivity index (χ4v) is 3.51. The van der Waals surface area contributed by atoms with Crippen LogP contribution in [0.25, 0.3) is 0 Å². The van der Waals surface area contributed by atoms with E-state index in [1.807, 2.05) is 20.8 Å². The smallest absolute Gasteiger partial charge is 0.261 e. The highest BCUT2D eigenvalue weighted by Crippen LogP contribution is 2.28. The van der Waals surface area contributed by atoms with Crippen LogP contribution in [0.4, 0.5) is 0 Å². The van der Waals surface area contributed by atoms with E-state index in [1.54, 1.807) is 11.3 Å². The summed E-state index contributed by atoms with van der Waals surface area (Å²) in [6.07, 6.45) is 7.51. The molecule has 1 aromatic rings. The molecule has 0 aliphatic heterocycles. The van der Waals surface area contributed by atoms with Crippen LogP contribution in [0.3, 0.4) is 0 Å². The first-order valence-corrected chi connectivity index (χ1v) is 7.71. The van der Waals surface area contributed by atoms with E-state index < -0.39 is 0 Å². The zero-order chi connectivity index (χ0) is 13.2. The first kappa shape index (κ1) is 13.6. The summed E-state index contributed by atoms with van der Waals surface area (Å²) in [5.41, 5.74) is 1.26. The summed E-state index contributed by atoms with van der Waals surface area (Å²) in [5.74, 6) is 0.0826. The number of hydrogen-bond donors (Lipinski definition) is 1. The molecule has 0 fully saturated rings. The van der Waals surface area contributed by atoms with Crippen LogP contribution in [-0.4, -0.2) is 11.4 Å². The van der Waals surface area contributed by atoms with Crippen molar-refractivity contribution >= 4 is 17.2 Å². The molecule has 0 unspecified atom stereocenters. The molecule has 1 aliphatic carbocycles. The van der Waals surface area contributed by atoms with Crippen molar-refractivity contribution in [1.29, 1.82) is 0 Å². The SMILES string of the molecule is CC(C)(C)NC(=O)c1cc2c(s1)CCCCCC2. The van der Waals surface area contributed by atoms with Gasteiger partial charge in [-0.3, -0.25) is 4.79 Å². The molecule has 0 radical (unpaired) electrons. The fourth-order valence-electron chi connectivity index (χ4n) is 2.36. The lowest BCUT2D eigenvalue weighted by Gasteiger charge is -2.19. The van der Waals surface area contributed by atoms with E-state index in [0.29, 0.717) is 0 Å². The van der Waals surface area contributed by atoms with Crippen molar-refractivity contribution in [3.05, 3.63) is 21.4 Å². The number of fused-ring (bicyclic) bond motifs is 1. The van der Waals surface area contributed by atoms with Crippen LogP contribution in [0.2, 0.25) is 0 Å². The number of aryl methyl sites for hydroxylation is 2. The lowest BCUT2D eigenvalue weighted by atomic mass is 9.99. The molecular weight excluding hydrogens is 242 g/mol. The second kappa shape index (κ2) is 5.43. The standard InChI is InChI=1S/C15H23NOS/c1-15(2,3)16-14(17)13-10-11-8-6-4-5-7-9-12(11)18-13/h10H,4-9H2,1-3H3,(H,16,17). The molecule has 100 valence electrons. The molecule has 2 nitrogen and oxygen atoms in total. The Kier molecular flexibility index (Phi) is 4.10. The normalized spacial score (nSPS) is 16.6. The number of carbonyl (C=O) groups excluding carboxylic acids is 1. The van der Waals surface area contributed by atoms with Crippen LogP contribution in [-0.2, 0) is 12.8 Å². The molecule has 1 N–H and O–H groups in total. The Labute approximate surface area is 114 Å². The van der Waals surface area contributed by atoms with Gasteiger partial charge in [-0.15, -0.1) is 11.3 Å². The van der Waals surface area contributed by atoms with Crippen LogP contribution < -0.4 is 5.32 Å². The second-order valence-corrected chi connectivity index (χ2v) is 7.31. The number of nitrogens with one attached hydrogen (secondary N) is 1. The third-order valence-corrected chi connectivity index (χ3v) is 4.44. The van der Waals surface area contributed by atoms with Crippen LogP contribution in [0.5, 0.6) is 0 Å². The monoisotopic (exact) mass is 265 g/mol. The Bertz CT molecular complexity index is 403. The van der Waals surface area contributed by atoms with Gasteiger partial charge in [0.25, 0.3) is 5.91 Å². The van der Waals surface area contributed by atoms with Crippen LogP contribution in [0.15, 0.2) is 6.07 Å². The van der Waals surface area contributed by atoms with Gasteiger partial charge in [0.15, 0.2) is 0 Å². The topological polar surface area (TPSA) is 29.1 Å². The molecule has 0 bridgehead atoms. The maximum atomic E-state index is 12.1.